The predicted molar refractivity (Wildman–Crippen MR) is 140 cm³/mol. The third-order valence-electron chi connectivity index (χ3n) is 9.08. The van der Waals surface area contributed by atoms with Crippen molar-refractivity contribution >= 4 is 12.4 Å². The molecule has 176 valence electrons. The van der Waals surface area contributed by atoms with Gasteiger partial charge in [-0.1, -0.05) is 96.9 Å². The number of rotatable bonds is 5. The fourth-order valence-corrected chi connectivity index (χ4v) is 10.8. The van der Waals surface area contributed by atoms with Crippen LogP contribution in [0.15, 0.2) is 53.1 Å². The maximum absolute atomic E-state index is 15.5. The molecule has 1 aliphatic heterocycles. The third-order valence-corrected chi connectivity index (χ3v) is 12.5. The summed E-state index contributed by atoms with van der Waals surface area (Å²) in [5.41, 5.74) is 0. The Bertz CT molecular complexity index is 841. The highest BCUT2D eigenvalue weighted by Crippen LogP contribution is 2.71. The molecule has 4 rings (SSSR count). The van der Waals surface area contributed by atoms with Crippen molar-refractivity contribution in [3.63, 3.8) is 0 Å². The van der Waals surface area contributed by atoms with Crippen LogP contribution in [0.3, 0.4) is 0 Å². The number of allylic oxidation sites excluding steroid dienone is 4. The van der Waals surface area contributed by atoms with E-state index in [4.69, 9.17) is 0 Å². The van der Waals surface area contributed by atoms with Crippen LogP contribution in [0.25, 0.3) is 0 Å². The lowest BCUT2D eigenvalue weighted by atomic mass is 9.69. The second-order valence-corrected chi connectivity index (χ2v) is 14.8. The van der Waals surface area contributed by atoms with E-state index < -0.39 is 7.14 Å². The van der Waals surface area contributed by atoms with Crippen molar-refractivity contribution in [2.45, 2.75) is 80.1 Å². The van der Waals surface area contributed by atoms with E-state index in [0.29, 0.717) is 35.5 Å². The van der Waals surface area contributed by atoms with Crippen molar-refractivity contribution in [3.05, 3.63) is 53.1 Å². The quantitative estimate of drug-likeness (QED) is 0.408. The summed E-state index contributed by atoms with van der Waals surface area (Å²) in [6, 6.07) is 10.6. The summed E-state index contributed by atoms with van der Waals surface area (Å²) in [5, 5.41) is 3.67. The minimum absolute atomic E-state index is 0.456. The highest BCUT2D eigenvalue weighted by Gasteiger charge is 2.48. The summed E-state index contributed by atoms with van der Waals surface area (Å²) < 4.78 is 15.5. The highest BCUT2D eigenvalue weighted by atomic mass is 31.2. The lowest BCUT2D eigenvalue weighted by Gasteiger charge is -2.43. The lowest BCUT2D eigenvalue weighted by molar-refractivity contribution is 0.172. The molecule has 0 N–H and O–H groups in total. The van der Waals surface area contributed by atoms with E-state index in [2.05, 4.69) is 84.0 Å². The van der Waals surface area contributed by atoms with E-state index in [-0.39, 0.29) is 0 Å². The van der Waals surface area contributed by atoms with Crippen LogP contribution < -0.4 is 5.30 Å². The first-order valence-electron chi connectivity index (χ1n) is 13.3. The van der Waals surface area contributed by atoms with E-state index in [1.807, 2.05) is 0 Å². The largest absolute Gasteiger partial charge is 0.309 e. The molecule has 2 heteroatoms. The topological polar surface area (TPSA) is 17.1 Å². The molecule has 1 heterocycles. The molecule has 0 amide bonds. The molecule has 2 aliphatic carbocycles. The van der Waals surface area contributed by atoms with Gasteiger partial charge in [0.1, 0.15) is 0 Å². The smallest absolute Gasteiger partial charge is 0.163 e. The van der Waals surface area contributed by atoms with Crippen LogP contribution in [0.5, 0.6) is 0 Å². The third kappa shape index (κ3) is 4.36. The molecule has 0 spiro atoms. The van der Waals surface area contributed by atoms with E-state index in [1.54, 1.807) is 0 Å². The van der Waals surface area contributed by atoms with Gasteiger partial charge in [0.25, 0.3) is 0 Å². The zero-order chi connectivity index (χ0) is 23.0. The zero-order valence-electron chi connectivity index (χ0n) is 21.3. The normalized spacial score (nSPS) is 35.1. The van der Waals surface area contributed by atoms with Crippen molar-refractivity contribution in [3.8, 4) is 0 Å². The fourth-order valence-electron chi connectivity index (χ4n) is 7.26. The standard InChI is InChI=1S/C30H45OP/c1-20(2)25-14-12-22(5)18-27(25)29-16-17-30(32(29,31)24-10-8-7-9-11-24)28-19-23(6)13-15-26(28)21(3)4/h7-11,16-17,20-23,25-28H,12-15,18-19H2,1-6H3/t22-,23-,25+,26+,27-,28-/m1/s1. The van der Waals surface area contributed by atoms with E-state index in [9.17, 15) is 0 Å². The number of hydrogen-bond acceptors (Lipinski definition) is 1. The van der Waals surface area contributed by atoms with Crippen LogP contribution in [0.2, 0.25) is 0 Å². The molecule has 1 nitrogen and oxygen atoms in total. The van der Waals surface area contributed by atoms with Gasteiger partial charge in [-0.25, -0.2) is 0 Å². The van der Waals surface area contributed by atoms with Crippen molar-refractivity contribution in [2.75, 3.05) is 0 Å². The molecule has 2 saturated carbocycles. The Kier molecular flexibility index (Phi) is 7.26. The molecule has 0 saturated heterocycles. The maximum atomic E-state index is 15.5. The molecule has 1 aromatic rings. The van der Waals surface area contributed by atoms with Crippen molar-refractivity contribution < 1.29 is 4.57 Å². The average molecular weight is 453 g/mol. The molecule has 1 aromatic carbocycles. The molecule has 3 aliphatic rings. The summed E-state index contributed by atoms with van der Waals surface area (Å²) in [7, 11) is -2.76. The first-order chi connectivity index (χ1) is 15.2. The molecule has 2 fully saturated rings. The van der Waals surface area contributed by atoms with Gasteiger partial charge in [0, 0.05) is 15.9 Å². The second-order valence-electron chi connectivity index (χ2n) is 12.0. The molecule has 0 aromatic heterocycles. The van der Waals surface area contributed by atoms with Gasteiger partial charge in [0.2, 0.25) is 0 Å². The van der Waals surface area contributed by atoms with Gasteiger partial charge in [0.05, 0.1) is 0 Å². The lowest BCUT2D eigenvalue weighted by Crippen LogP contribution is -2.32. The summed E-state index contributed by atoms with van der Waals surface area (Å²) in [5.74, 6) is 4.93. The Morgan fingerprint density at radius 3 is 1.56 bits per heavy atom. The average Bonchev–Trinajstić information content (AvgIpc) is 3.11. The van der Waals surface area contributed by atoms with E-state index in [0.717, 1.165) is 17.1 Å². The van der Waals surface area contributed by atoms with Crippen LogP contribution in [-0.2, 0) is 4.57 Å². The summed E-state index contributed by atoms with van der Waals surface area (Å²) >= 11 is 0. The van der Waals surface area contributed by atoms with Crippen molar-refractivity contribution in [2.24, 2.45) is 47.3 Å². The van der Waals surface area contributed by atoms with Gasteiger partial charge in [-0.2, -0.15) is 0 Å². The summed E-state index contributed by atoms with van der Waals surface area (Å²) in [6.45, 7) is 14.3. The fraction of sp³-hybridized carbons (Fsp3) is 0.667. The van der Waals surface area contributed by atoms with Crippen molar-refractivity contribution in [1.82, 2.24) is 0 Å². The molecule has 32 heavy (non-hydrogen) atoms. The Labute approximate surface area is 197 Å². The molecule has 0 bridgehead atoms. The predicted octanol–water partition coefficient (Wildman–Crippen LogP) is 8.87. The Morgan fingerprint density at radius 1 is 0.719 bits per heavy atom. The maximum Gasteiger partial charge on any atom is 0.163 e. The SMILES string of the molecule is CC(C)[C@@H]1CC[C@@H](C)C[C@H]1C1=CC=C([C@@H]2C[C@H](C)CC[C@H]2C(C)C)P1(=O)c1ccccc1. The molecule has 6 atom stereocenters. The van der Waals surface area contributed by atoms with Gasteiger partial charge < -0.3 is 4.57 Å². The summed E-state index contributed by atoms with van der Waals surface area (Å²) in [4.78, 5) is 0. The van der Waals surface area contributed by atoms with Gasteiger partial charge in [-0.05, 0) is 73.0 Å². The summed E-state index contributed by atoms with van der Waals surface area (Å²) in [6.07, 6.45) is 12.3. The number of hydrogen-bond donors (Lipinski definition) is 0. The highest BCUT2D eigenvalue weighted by molar-refractivity contribution is 7.79. The van der Waals surface area contributed by atoms with Crippen LogP contribution >= 0.6 is 7.14 Å². The van der Waals surface area contributed by atoms with Gasteiger partial charge >= 0.3 is 0 Å². The Morgan fingerprint density at radius 2 is 1.16 bits per heavy atom. The van der Waals surface area contributed by atoms with Crippen molar-refractivity contribution in [1.29, 1.82) is 0 Å². The Hall–Kier alpha value is -1.07. The molecular weight excluding hydrogens is 407 g/mol. The first kappa shape index (κ1) is 24.1. The molecule has 0 unspecified atom stereocenters. The van der Waals surface area contributed by atoms with Crippen LogP contribution in [-0.4, -0.2) is 0 Å². The Balaban J connectivity index is 1.79. The number of benzene rings is 1. The van der Waals surface area contributed by atoms with E-state index in [1.165, 1.54) is 49.2 Å². The van der Waals surface area contributed by atoms with Gasteiger partial charge in [0.15, 0.2) is 7.14 Å². The molecular formula is C30H45OP. The van der Waals surface area contributed by atoms with E-state index >= 15 is 4.57 Å². The monoisotopic (exact) mass is 452 g/mol. The molecule has 0 radical (unpaired) electrons. The van der Waals surface area contributed by atoms with Gasteiger partial charge in [-0.3, -0.25) is 0 Å². The first-order valence-corrected chi connectivity index (χ1v) is 15.0. The van der Waals surface area contributed by atoms with Gasteiger partial charge in [-0.15, -0.1) is 0 Å². The van der Waals surface area contributed by atoms with Crippen LogP contribution in [0, 0.1) is 47.3 Å². The van der Waals surface area contributed by atoms with Crippen LogP contribution in [0.1, 0.15) is 80.1 Å². The minimum Gasteiger partial charge on any atom is -0.309 e. The second kappa shape index (κ2) is 9.66. The minimum atomic E-state index is -2.76. The van der Waals surface area contributed by atoms with Crippen LogP contribution in [0.4, 0.5) is 0 Å². The zero-order valence-corrected chi connectivity index (χ0v) is 22.2.